The van der Waals surface area contributed by atoms with Crippen LogP contribution in [0.4, 0.5) is 0 Å². The van der Waals surface area contributed by atoms with Crippen LogP contribution in [0.3, 0.4) is 0 Å². The third kappa shape index (κ3) is 16.6. The van der Waals surface area contributed by atoms with Gasteiger partial charge in [-0.3, -0.25) is 12.2 Å². The fourth-order valence-corrected chi connectivity index (χ4v) is 1.75. The van der Waals surface area contributed by atoms with Crippen molar-refractivity contribution in [2.45, 2.75) is 41.0 Å². The van der Waals surface area contributed by atoms with Gasteiger partial charge in [0.2, 0.25) is 0 Å². The van der Waals surface area contributed by atoms with Crippen molar-refractivity contribution in [1.82, 2.24) is 0 Å². The smallest absolute Gasteiger partial charge is 1.00 e. The summed E-state index contributed by atoms with van der Waals surface area (Å²) in [5, 5.41) is 0. The van der Waals surface area contributed by atoms with Crippen LogP contribution in [-0.4, -0.2) is 0 Å². The van der Waals surface area contributed by atoms with E-state index in [1.807, 2.05) is 12.2 Å². The predicted octanol–water partition coefficient (Wildman–Crippen LogP) is -3.22. The fourth-order valence-electron chi connectivity index (χ4n) is 1.75. The van der Waals surface area contributed by atoms with Gasteiger partial charge in [-0.25, -0.2) is 17.7 Å². The molecule has 2 rings (SSSR count). The van der Waals surface area contributed by atoms with Gasteiger partial charge in [0.25, 0.3) is 0 Å². The Morgan fingerprint density at radius 3 is 1.48 bits per heavy atom. The minimum absolute atomic E-state index is 0. The zero-order chi connectivity index (χ0) is 11.5. The molecule has 0 spiro atoms. The van der Waals surface area contributed by atoms with E-state index in [1.165, 1.54) is 16.7 Å². The number of halogens is 3. The second-order valence-corrected chi connectivity index (χ2v) is 4.63. The summed E-state index contributed by atoms with van der Waals surface area (Å²) in [5.41, 5.74) is 4.39. The molecule has 2 aliphatic carbocycles. The Bertz CT molecular complexity index is 360. The molecule has 0 saturated heterocycles. The van der Waals surface area contributed by atoms with Crippen LogP contribution in [0.1, 0.15) is 41.0 Å². The average molecular weight is 578 g/mol. The molecule has 0 heterocycles. The molecule has 0 aliphatic heterocycles. The summed E-state index contributed by atoms with van der Waals surface area (Å²) in [6, 6.07) is 0. The van der Waals surface area contributed by atoms with Crippen LogP contribution >= 0.6 is 0 Å². The summed E-state index contributed by atoms with van der Waals surface area (Å²) in [4.78, 5) is 0. The second-order valence-electron chi connectivity index (χ2n) is 4.63. The third-order valence-corrected chi connectivity index (χ3v) is 3.15. The Balaban J connectivity index is -0.0000000262. The third-order valence-electron chi connectivity index (χ3n) is 3.15. The Labute approximate surface area is 199 Å². The van der Waals surface area contributed by atoms with Gasteiger partial charge >= 0.3 is 47.6 Å². The molecule has 0 radical (unpaired) electrons. The largest absolute Gasteiger partial charge is 4.00 e. The van der Waals surface area contributed by atoms with Gasteiger partial charge in [-0.15, -0.1) is 13.3 Å². The van der Waals surface area contributed by atoms with E-state index in [0.717, 1.165) is 6.42 Å². The molecule has 0 aromatic carbocycles. The number of allylic oxidation sites excluding steroid dienone is 8. The van der Waals surface area contributed by atoms with Crippen LogP contribution in [0.2, 0.25) is 0 Å². The SMILES string of the molecule is CC1=[C-]C(C)(C)C(C)=C1C.[C-]1=CC=CC1.[CH3-].[CH3-].[CH3-].[Cl-].[Cl-].[Cl-].[Hf+4].[Ti+4]. The van der Waals surface area contributed by atoms with Crippen molar-refractivity contribution in [2.75, 3.05) is 0 Å². The van der Waals surface area contributed by atoms with Gasteiger partial charge in [0.1, 0.15) is 0 Å². The van der Waals surface area contributed by atoms with E-state index in [4.69, 9.17) is 0 Å². The maximum atomic E-state index is 3.44. The van der Waals surface area contributed by atoms with E-state index >= 15 is 0 Å². The summed E-state index contributed by atoms with van der Waals surface area (Å²) in [6.45, 7) is 10.9. The standard InChI is InChI=1S/C10H15.C5H5.3CH3.3ClH.Hf.Ti/c1-7-6-10(4,5)9(3)8(7)2;1-2-4-5-3-1;;;;;;;;/h1-5H3;1-3H,4H2;3*1H3;3*1H;;/q5*-1;;;;2*+4/p-3. The fraction of sp³-hybridized carbons (Fsp3) is 0.389. The predicted molar refractivity (Wildman–Crippen MR) is 85.4 cm³/mol. The molecule has 5 heteroatoms. The zero-order valence-corrected chi connectivity index (χ0v) is 23.0. The van der Waals surface area contributed by atoms with Crippen LogP contribution in [0.25, 0.3) is 0 Å². The van der Waals surface area contributed by atoms with Crippen LogP contribution in [-0.2, 0) is 47.6 Å². The van der Waals surface area contributed by atoms with Crippen LogP contribution in [0.5, 0.6) is 0 Å². The Kier molecular flexibility index (Phi) is 50.6. The Morgan fingerprint density at radius 2 is 1.39 bits per heavy atom. The van der Waals surface area contributed by atoms with Crippen LogP contribution in [0.15, 0.2) is 34.9 Å². The van der Waals surface area contributed by atoms with Gasteiger partial charge in [0.15, 0.2) is 0 Å². The number of hydrogen-bond acceptors (Lipinski definition) is 0. The van der Waals surface area contributed by atoms with Gasteiger partial charge in [0.05, 0.1) is 0 Å². The molecule has 0 atom stereocenters. The molecule has 0 nitrogen and oxygen atoms in total. The minimum Gasteiger partial charge on any atom is -1.00 e. The van der Waals surface area contributed by atoms with Crippen molar-refractivity contribution in [3.63, 3.8) is 0 Å². The van der Waals surface area contributed by atoms with Gasteiger partial charge in [-0.05, 0) is 0 Å². The van der Waals surface area contributed by atoms with Crippen molar-refractivity contribution in [1.29, 1.82) is 0 Å². The zero-order valence-electron chi connectivity index (χ0n) is 15.6. The van der Waals surface area contributed by atoms with E-state index in [0.29, 0.717) is 0 Å². The monoisotopic (exact) mass is 578 g/mol. The molecule has 0 bridgehead atoms. The molecule has 130 valence electrons. The first-order valence-corrected chi connectivity index (χ1v) is 5.47. The van der Waals surface area contributed by atoms with Crippen LogP contribution < -0.4 is 37.2 Å². The number of hydrogen-bond donors (Lipinski definition) is 0. The van der Waals surface area contributed by atoms with E-state index in [-0.39, 0.29) is 112 Å². The summed E-state index contributed by atoms with van der Waals surface area (Å²) in [6.07, 6.45) is 13.4. The van der Waals surface area contributed by atoms with Gasteiger partial charge in [0, 0.05) is 0 Å². The van der Waals surface area contributed by atoms with Crippen molar-refractivity contribution in [3.8, 4) is 0 Å². The molecule has 0 N–H and O–H groups in total. The summed E-state index contributed by atoms with van der Waals surface area (Å²) >= 11 is 0. The van der Waals surface area contributed by atoms with Crippen molar-refractivity contribution >= 4 is 0 Å². The van der Waals surface area contributed by atoms with E-state index < -0.39 is 0 Å². The molecule has 0 aromatic heterocycles. The summed E-state index contributed by atoms with van der Waals surface area (Å²) in [5.74, 6) is 0. The maximum Gasteiger partial charge on any atom is 4.00 e. The quantitative estimate of drug-likeness (QED) is 0.210. The first-order chi connectivity index (χ1) is 6.95. The Morgan fingerprint density at radius 1 is 0.957 bits per heavy atom. The van der Waals surface area contributed by atoms with E-state index in [2.05, 4.69) is 52.8 Å². The summed E-state index contributed by atoms with van der Waals surface area (Å²) in [7, 11) is 0. The molecule has 0 aromatic rings. The minimum atomic E-state index is 0. The molecule has 0 saturated carbocycles. The van der Waals surface area contributed by atoms with Crippen molar-refractivity contribution in [3.05, 3.63) is 69.4 Å². The second kappa shape index (κ2) is 23.4. The van der Waals surface area contributed by atoms with Crippen molar-refractivity contribution < 1.29 is 84.8 Å². The first kappa shape index (κ1) is 49.7. The average Bonchev–Trinajstić information content (AvgIpc) is 2.76. The maximum absolute atomic E-state index is 3.44. The molecular weight excluding hydrogens is 549 g/mol. The van der Waals surface area contributed by atoms with Crippen LogP contribution in [0, 0.1) is 39.8 Å². The van der Waals surface area contributed by atoms with E-state index in [1.54, 1.807) is 0 Å². The van der Waals surface area contributed by atoms with Gasteiger partial charge < -0.3 is 59.5 Å². The molecule has 0 fully saturated rings. The molecule has 0 amide bonds. The van der Waals surface area contributed by atoms with Gasteiger partial charge in [-0.2, -0.15) is 17.2 Å². The first-order valence-electron chi connectivity index (χ1n) is 5.47. The topological polar surface area (TPSA) is 0 Å². The molecular formula is C18H29Cl3HfTi. The molecule has 0 unspecified atom stereocenters. The van der Waals surface area contributed by atoms with Crippen molar-refractivity contribution in [2.24, 2.45) is 5.41 Å². The molecule has 23 heavy (non-hydrogen) atoms. The van der Waals surface area contributed by atoms with E-state index in [9.17, 15) is 0 Å². The van der Waals surface area contributed by atoms with Gasteiger partial charge in [-0.1, -0.05) is 33.1 Å². The Hall–Kier alpha value is 1.41. The molecule has 2 aliphatic rings. The number of rotatable bonds is 0. The normalized spacial score (nSPS) is 14.0. The summed E-state index contributed by atoms with van der Waals surface area (Å²) < 4.78 is 0.